The highest BCUT2D eigenvalue weighted by Crippen LogP contribution is 2.32. The van der Waals surface area contributed by atoms with Crippen molar-refractivity contribution < 1.29 is 13.2 Å². The minimum absolute atomic E-state index is 0.160. The minimum atomic E-state index is -4.25. The summed E-state index contributed by atoms with van der Waals surface area (Å²) in [5.74, 6) is 0.307. The summed E-state index contributed by atoms with van der Waals surface area (Å²) < 4.78 is 40.1. The number of halogens is 3. The van der Waals surface area contributed by atoms with Crippen LogP contribution < -0.4 is 4.90 Å². The van der Waals surface area contributed by atoms with Gasteiger partial charge in [0.2, 0.25) is 5.95 Å². The first-order valence-electron chi connectivity index (χ1n) is 6.91. The zero-order valence-electron chi connectivity index (χ0n) is 11.4. The Labute approximate surface area is 121 Å². The van der Waals surface area contributed by atoms with Crippen LogP contribution in [0, 0.1) is 4.77 Å². The van der Waals surface area contributed by atoms with Crippen molar-refractivity contribution in [1.29, 1.82) is 0 Å². The van der Waals surface area contributed by atoms with Crippen molar-refractivity contribution >= 4 is 18.2 Å². The smallest absolute Gasteiger partial charge is 0.332 e. The highest BCUT2D eigenvalue weighted by atomic mass is 32.1. The van der Waals surface area contributed by atoms with E-state index in [1.807, 2.05) is 0 Å². The SMILES string of the molecule is CCN(CC(F)(F)F)c1n[nH]c(=S)n1C1CCCCC1. The van der Waals surface area contributed by atoms with Crippen LogP contribution in [0.5, 0.6) is 0 Å². The fourth-order valence-electron chi connectivity index (χ4n) is 2.73. The van der Waals surface area contributed by atoms with Gasteiger partial charge in [-0.25, -0.2) is 5.10 Å². The molecule has 1 fully saturated rings. The third kappa shape index (κ3) is 3.53. The van der Waals surface area contributed by atoms with E-state index in [1.165, 1.54) is 11.3 Å². The topological polar surface area (TPSA) is 36.9 Å². The van der Waals surface area contributed by atoms with E-state index >= 15 is 0 Å². The lowest BCUT2D eigenvalue weighted by Gasteiger charge is -2.28. The van der Waals surface area contributed by atoms with Gasteiger partial charge >= 0.3 is 6.18 Å². The lowest BCUT2D eigenvalue weighted by atomic mass is 9.95. The Balaban J connectivity index is 2.28. The molecule has 0 radical (unpaired) electrons. The van der Waals surface area contributed by atoms with Crippen LogP contribution in [-0.2, 0) is 0 Å². The maximum atomic E-state index is 12.6. The molecule has 2 rings (SSSR count). The number of hydrogen-bond acceptors (Lipinski definition) is 3. The van der Waals surface area contributed by atoms with Gasteiger partial charge in [0.25, 0.3) is 0 Å². The summed E-state index contributed by atoms with van der Waals surface area (Å²) in [6, 6.07) is 0.160. The van der Waals surface area contributed by atoms with Gasteiger partial charge in [-0.1, -0.05) is 19.3 Å². The Bertz CT molecular complexity index is 488. The molecule has 1 heterocycles. The Morgan fingerprint density at radius 2 is 2.00 bits per heavy atom. The summed E-state index contributed by atoms with van der Waals surface area (Å²) in [5.41, 5.74) is 0. The number of hydrogen-bond donors (Lipinski definition) is 1. The van der Waals surface area contributed by atoms with Gasteiger partial charge in [-0.15, -0.1) is 5.10 Å². The van der Waals surface area contributed by atoms with E-state index in [0.29, 0.717) is 10.7 Å². The first-order chi connectivity index (χ1) is 9.42. The van der Waals surface area contributed by atoms with Crippen molar-refractivity contribution in [3.05, 3.63) is 4.77 Å². The number of aromatic amines is 1. The average molecular weight is 308 g/mol. The highest BCUT2D eigenvalue weighted by molar-refractivity contribution is 7.71. The van der Waals surface area contributed by atoms with Crippen molar-refractivity contribution in [2.24, 2.45) is 0 Å². The average Bonchev–Trinajstić information content (AvgIpc) is 2.78. The quantitative estimate of drug-likeness (QED) is 0.859. The molecule has 0 amide bonds. The van der Waals surface area contributed by atoms with Crippen LogP contribution >= 0.6 is 12.2 Å². The molecule has 1 aromatic rings. The summed E-state index contributed by atoms with van der Waals surface area (Å²) in [6.07, 6.45) is 0.998. The van der Waals surface area contributed by atoms with E-state index in [9.17, 15) is 13.2 Å². The van der Waals surface area contributed by atoms with Crippen LogP contribution in [0.1, 0.15) is 45.1 Å². The first kappa shape index (κ1) is 15.3. The van der Waals surface area contributed by atoms with Gasteiger partial charge in [0.05, 0.1) is 0 Å². The van der Waals surface area contributed by atoms with Crippen molar-refractivity contribution in [3.63, 3.8) is 0 Å². The summed E-state index contributed by atoms with van der Waals surface area (Å²) in [7, 11) is 0. The number of rotatable bonds is 4. The molecule has 1 saturated carbocycles. The predicted octanol–water partition coefficient (Wildman–Crippen LogP) is 3.83. The largest absolute Gasteiger partial charge is 0.406 e. The van der Waals surface area contributed by atoms with E-state index in [4.69, 9.17) is 12.2 Å². The molecule has 1 N–H and O–H groups in total. The molecule has 0 unspecified atom stereocenters. The van der Waals surface area contributed by atoms with Crippen LogP contribution in [0.15, 0.2) is 0 Å². The van der Waals surface area contributed by atoms with Crippen LogP contribution in [0.25, 0.3) is 0 Å². The molecule has 1 aliphatic carbocycles. The van der Waals surface area contributed by atoms with Crippen LogP contribution in [0.3, 0.4) is 0 Å². The standard InChI is InChI=1S/C12H19F3N4S/c1-2-18(8-12(13,14)15)10-16-17-11(20)19(10)9-6-4-3-5-7-9/h9H,2-8H2,1H3,(H,17,20). The summed E-state index contributed by atoms with van der Waals surface area (Å²) in [6.45, 7) is 0.927. The van der Waals surface area contributed by atoms with E-state index < -0.39 is 12.7 Å². The molecule has 0 saturated heterocycles. The molecule has 4 nitrogen and oxygen atoms in total. The van der Waals surface area contributed by atoms with Crippen molar-refractivity contribution in [2.75, 3.05) is 18.0 Å². The van der Waals surface area contributed by atoms with E-state index in [0.717, 1.165) is 25.7 Å². The number of H-pyrrole nitrogens is 1. The van der Waals surface area contributed by atoms with Crippen LogP contribution in [0.2, 0.25) is 0 Å². The molecular formula is C12H19F3N4S. The lowest BCUT2D eigenvalue weighted by molar-refractivity contribution is -0.119. The molecule has 1 aromatic heterocycles. The van der Waals surface area contributed by atoms with Gasteiger partial charge < -0.3 is 4.90 Å². The van der Waals surface area contributed by atoms with Gasteiger partial charge in [-0.05, 0) is 32.0 Å². The predicted molar refractivity (Wildman–Crippen MR) is 73.5 cm³/mol. The molecule has 0 spiro atoms. The summed E-state index contributed by atoms with van der Waals surface area (Å²) >= 11 is 5.20. The highest BCUT2D eigenvalue weighted by Gasteiger charge is 2.33. The van der Waals surface area contributed by atoms with E-state index in [-0.39, 0.29) is 12.6 Å². The van der Waals surface area contributed by atoms with E-state index in [1.54, 1.807) is 11.5 Å². The van der Waals surface area contributed by atoms with Crippen molar-refractivity contribution in [2.45, 2.75) is 51.2 Å². The first-order valence-corrected chi connectivity index (χ1v) is 7.32. The molecule has 8 heteroatoms. The Hall–Kier alpha value is -1.05. The zero-order chi connectivity index (χ0) is 14.8. The van der Waals surface area contributed by atoms with Crippen LogP contribution in [0.4, 0.5) is 19.1 Å². The molecule has 0 aliphatic heterocycles. The fourth-order valence-corrected chi connectivity index (χ4v) is 3.00. The molecular weight excluding hydrogens is 289 g/mol. The molecule has 1 aliphatic rings. The Kier molecular flexibility index (Phi) is 4.72. The lowest BCUT2D eigenvalue weighted by Crippen LogP contribution is -2.36. The van der Waals surface area contributed by atoms with Crippen LogP contribution in [-0.4, -0.2) is 34.0 Å². The minimum Gasteiger partial charge on any atom is -0.332 e. The second-order valence-corrected chi connectivity index (χ2v) is 5.51. The normalized spacial score (nSPS) is 17.4. The summed E-state index contributed by atoms with van der Waals surface area (Å²) in [5, 5.41) is 6.66. The zero-order valence-corrected chi connectivity index (χ0v) is 12.2. The molecule has 0 aromatic carbocycles. The monoisotopic (exact) mass is 308 g/mol. The second kappa shape index (κ2) is 6.15. The number of alkyl halides is 3. The molecule has 20 heavy (non-hydrogen) atoms. The van der Waals surface area contributed by atoms with E-state index in [2.05, 4.69) is 10.2 Å². The maximum absolute atomic E-state index is 12.6. The van der Waals surface area contributed by atoms with Gasteiger partial charge in [-0.2, -0.15) is 13.2 Å². The molecule has 0 atom stereocenters. The third-order valence-electron chi connectivity index (χ3n) is 3.66. The number of aromatic nitrogens is 3. The number of nitrogens with one attached hydrogen (secondary N) is 1. The van der Waals surface area contributed by atoms with Gasteiger partial charge in [-0.3, -0.25) is 4.57 Å². The summed E-state index contributed by atoms with van der Waals surface area (Å²) in [4.78, 5) is 1.22. The number of nitrogens with zero attached hydrogens (tertiary/aromatic N) is 3. The van der Waals surface area contributed by atoms with Crippen molar-refractivity contribution in [3.8, 4) is 0 Å². The fraction of sp³-hybridized carbons (Fsp3) is 0.833. The Morgan fingerprint density at radius 1 is 1.35 bits per heavy atom. The van der Waals surface area contributed by atoms with Crippen molar-refractivity contribution in [1.82, 2.24) is 14.8 Å². The molecule has 0 bridgehead atoms. The Morgan fingerprint density at radius 3 is 2.55 bits per heavy atom. The molecule has 114 valence electrons. The second-order valence-electron chi connectivity index (χ2n) is 5.12. The third-order valence-corrected chi connectivity index (χ3v) is 3.95. The maximum Gasteiger partial charge on any atom is 0.406 e. The van der Waals surface area contributed by atoms with Gasteiger partial charge in [0.1, 0.15) is 6.54 Å². The van der Waals surface area contributed by atoms with Gasteiger partial charge in [0, 0.05) is 12.6 Å². The van der Waals surface area contributed by atoms with Gasteiger partial charge in [0.15, 0.2) is 4.77 Å². The number of anilines is 1.